The number of anilines is 1. The highest BCUT2D eigenvalue weighted by Gasteiger charge is 2.21. The molecule has 3 rings (SSSR count). The molecule has 0 saturated carbocycles. The first-order valence-corrected chi connectivity index (χ1v) is 7.52. The minimum absolute atomic E-state index is 0.266. The Balaban J connectivity index is 1.69. The highest BCUT2D eigenvalue weighted by molar-refractivity contribution is 5.77. The van der Waals surface area contributed by atoms with Gasteiger partial charge in [-0.2, -0.15) is 0 Å². The molecule has 5 nitrogen and oxygen atoms in total. The molecule has 1 aromatic carbocycles. The largest absolute Gasteiger partial charge is 0.352 e. The predicted octanol–water partition coefficient (Wildman–Crippen LogP) is 2.08. The van der Waals surface area contributed by atoms with Crippen molar-refractivity contribution in [1.29, 1.82) is 0 Å². The third-order valence-electron chi connectivity index (χ3n) is 3.86. The van der Waals surface area contributed by atoms with E-state index in [-0.39, 0.29) is 5.91 Å². The molecule has 0 atom stereocenters. The van der Waals surface area contributed by atoms with Gasteiger partial charge < -0.3 is 9.80 Å². The van der Waals surface area contributed by atoms with Gasteiger partial charge in [0, 0.05) is 32.6 Å². The summed E-state index contributed by atoms with van der Waals surface area (Å²) < 4.78 is 0. The van der Waals surface area contributed by atoms with Gasteiger partial charge in [0.1, 0.15) is 5.82 Å². The molecule has 0 spiro atoms. The quantitative estimate of drug-likeness (QED) is 0.866. The van der Waals surface area contributed by atoms with Crippen LogP contribution >= 0.6 is 0 Å². The SMILES string of the molecule is CCCC(=O)N1CCN(c2cnc3ccccc3n2)CC1. The van der Waals surface area contributed by atoms with Crippen molar-refractivity contribution in [2.45, 2.75) is 19.8 Å². The van der Waals surface area contributed by atoms with Crippen molar-refractivity contribution in [3.8, 4) is 0 Å². The first-order valence-electron chi connectivity index (χ1n) is 7.52. The first kappa shape index (κ1) is 13.8. The van der Waals surface area contributed by atoms with Crippen LogP contribution in [0.4, 0.5) is 5.82 Å². The molecule has 0 N–H and O–H groups in total. The number of carbonyl (C=O) groups excluding carboxylic acids is 1. The average molecular weight is 284 g/mol. The van der Waals surface area contributed by atoms with Gasteiger partial charge in [0.2, 0.25) is 5.91 Å². The van der Waals surface area contributed by atoms with Crippen LogP contribution in [0.2, 0.25) is 0 Å². The van der Waals surface area contributed by atoms with Gasteiger partial charge in [0.05, 0.1) is 17.2 Å². The average Bonchev–Trinajstić information content (AvgIpc) is 2.55. The molecule has 1 aliphatic rings. The van der Waals surface area contributed by atoms with E-state index < -0.39 is 0 Å². The molecule has 2 heterocycles. The lowest BCUT2D eigenvalue weighted by Crippen LogP contribution is -2.49. The number of aromatic nitrogens is 2. The van der Waals surface area contributed by atoms with Crippen molar-refractivity contribution in [2.24, 2.45) is 0 Å². The minimum Gasteiger partial charge on any atom is -0.352 e. The lowest BCUT2D eigenvalue weighted by molar-refractivity contribution is -0.131. The third kappa shape index (κ3) is 2.96. The van der Waals surface area contributed by atoms with Gasteiger partial charge in [0.25, 0.3) is 0 Å². The number of fused-ring (bicyclic) bond motifs is 1. The monoisotopic (exact) mass is 284 g/mol. The van der Waals surface area contributed by atoms with Crippen LogP contribution in [-0.2, 0) is 4.79 Å². The molecule has 110 valence electrons. The lowest BCUT2D eigenvalue weighted by atomic mass is 10.2. The molecule has 0 unspecified atom stereocenters. The molecule has 0 bridgehead atoms. The van der Waals surface area contributed by atoms with E-state index in [1.54, 1.807) is 0 Å². The van der Waals surface area contributed by atoms with Crippen molar-refractivity contribution in [3.63, 3.8) is 0 Å². The van der Waals surface area contributed by atoms with E-state index in [0.29, 0.717) is 6.42 Å². The summed E-state index contributed by atoms with van der Waals surface area (Å²) in [6.07, 6.45) is 3.39. The van der Waals surface area contributed by atoms with E-state index in [2.05, 4.69) is 14.9 Å². The lowest BCUT2D eigenvalue weighted by Gasteiger charge is -2.35. The number of carbonyl (C=O) groups is 1. The van der Waals surface area contributed by atoms with Gasteiger partial charge in [0.15, 0.2) is 0 Å². The summed E-state index contributed by atoms with van der Waals surface area (Å²) in [7, 11) is 0. The fourth-order valence-corrected chi connectivity index (χ4v) is 2.66. The Morgan fingerprint density at radius 3 is 2.57 bits per heavy atom. The number of benzene rings is 1. The zero-order valence-electron chi connectivity index (χ0n) is 12.3. The van der Waals surface area contributed by atoms with E-state index in [4.69, 9.17) is 0 Å². The number of amides is 1. The van der Waals surface area contributed by atoms with E-state index in [1.165, 1.54) is 0 Å². The maximum absolute atomic E-state index is 11.9. The molecule has 0 aliphatic carbocycles. The highest BCUT2D eigenvalue weighted by atomic mass is 16.2. The normalized spacial score (nSPS) is 15.5. The van der Waals surface area contributed by atoms with Gasteiger partial charge in [-0.1, -0.05) is 19.1 Å². The van der Waals surface area contributed by atoms with Crippen LogP contribution in [-0.4, -0.2) is 47.0 Å². The Hall–Kier alpha value is -2.17. The fourth-order valence-electron chi connectivity index (χ4n) is 2.66. The summed E-state index contributed by atoms with van der Waals surface area (Å²) in [6, 6.07) is 7.89. The van der Waals surface area contributed by atoms with Gasteiger partial charge in [-0.05, 0) is 18.6 Å². The van der Waals surface area contributed by atoms with Crippen LogP contribution in [0.1, 0.15) is 19.8 Å². The van der Waals surface area contributed by atoms with Crippen LogP contribution in [0.3, 0.4) is 0 Å². The Bertz CT molecular complexity index is 635. The summed E-state index contributed by atoms with van der Waals surface area (Å²) in [4.78, 5) is 25.2. The zero-order valence-corrected chi connectivity index (χ0v) is 12.3. The molecular formula is C16H20N4O. The van der Waals surface area contributed by atoms with Crippen molar-refractivity contribution in [1.82, 2.24) is 14.9 Å². The summed E-state index contributed by atoms with van der Waals surface area (Å²) in [5.74, 6) is 1.16. The van der Waals surface area contributed by atoms with E-state index >= 15 is 0 Å². The smallest absolute Gasteiger partial charge is 0.222 e. The van der Waals surface area contributed by atoms with Crippen LogP contribution in [0.5, 0.6) is 0 Å². The summed E-state index contributed by atoms with van der Waals surface area (Å²) in [6.45, 7) is 5.23. The van der Waals surface area contributed by atoms with Crippen LogP contribution in [0.15, 0.2) is 30.5 Å². The molecule has 1 aromatic heterocycles. The highest BCUT2D eigenvalue weighted by Crippen LogP contribution is 2.17. The maximum atomic E-state index is 11.9. The summed E-state index contributed by atoms with van der Waals surface area (Å²) in [5, 5.41) is 0. The second-order valence-electron chi connectivity index (χ2n) is 5.33. The third-order valence-corrected chi connectivity index (χ3v) is 3.86. The molecule has 2 aromatic rings. The molecule has 0 radical (unpaired) electrons. The van der Waals surface area contributed by atoms with Gasteiger partial charge in [-0.3, -0.25) is 9.78 Å². The molecule has 1 aliphatic heterocycles. The van der Waals surface area contributed by atoms with E-state index in [1.807, 2.05) is 42.3 Å². The number of para-hydroxylation sites is 2. The summed E-state index contributed by atoms with van der Waals surface area (Å²) in [5.41, 5.74) is 1.83. The van der Waals surface area contributed by atoms with E-state index in [0.717, 1.165) is 49.5 Å². The van der Waals surface area contributed by atoms with Crippen molar-refractivity contribution in [3.05, 3.63) is 30.5 Å². The Kier molecular flexibility index (Phi) is 3.99. The van der Waals surface area contributed by atoms with Crippen LogP contribution < -0.4 is 4.90 Å². The van der Waals surface area contributed by atoms with Crippen LogP contribution in [0.25, 0.3) is 11.0 Å². The predicted molar refractivity (Wildman–Crippen MR) is 83.2 cm³/mol. The molecule has 21 heavy (non-hydrogen) atoms. The standard InChI is InChI=1S/C16H20N4O/c1-2-5-16(21)20-10-8-19(9-11-20)15-12-17-13-6-3-4-7-14(13)18-15/h3-4,6-7,12H,2,5,8-11H2,1H3. The number of piperazine rings is 1. The van der Waals surface area contributed by atoms with Gasteiger partial charge in [-0.15, -0.1) is 0 Å². The maximum Gasteiger partial charge on any atom is 0.222 e. The second kappa shape index (κ2) is 6.08. The van der Waals surface area contributed by atoms with Gasteiger partial charge >= 0.3 is 0 Å². The zero-order chi connectivity index (χ0) is 14.7. The number of hydrogen-bond donors (Lipinski definition) is 0. The first-order chi connectivity index (χ1) is 10.3. The minimum atomic E-state index is 0.266. The van der Waals surface area contributed by atoms with Gasteiger partial charge in [-0.25, -0.2) is 4.98 Å². The molecule has 5 heteroatoms. The second-order valence-corrected chi connectivity index (χ2v) is 5.33. The molecule has 1 saturated heterocycles. The van der Waals surface area contributed by atoms with E-state index in [9.17, 15) is 4.79 Å². The number of hydrogen-bond acceptors (Lipinski definition) is 4. The van der Waals surface area contributed by atoms with Crippen LogP contribution in [0, 0.1) is 0 Å². The summed E-state index contributed by atoms with van der Waals surface area (Å²) >= 11 is 0. The molecule has 1 fully saturated rings. The van der Waals surface area contributed by atoms with Crippen molar-refractivity contribution < 1.29 is 4.79 Å². The van der Waals surface area contributed by atoms with Crippen molar-refractivity contribution >= 4 is 22.8 Å². The molecule has 1 amide bonds. The molecular weight excluding hydrogens is 264 g/mol. The topological polar surface area (TPSA) is 49.3 Å². The Labute approximate surface area is 124 Å². The number of rotatable bonds is 3. The fraction of sp³-hybridized carbons (Fsp3) is 0.438. The number of nitrogens with zero attached hydrogens (tertiary/aromatic N) is 4. The Morgan fingerprint density at radius 2 is 1.86 bits per heavy atom. The van der Waals surface area contributed by atoms with Crippen molar-refractivity contribution in [2.75, 3.05) is 31.1 Å². The Morgan fingerprint density at radius 1 is 1.14 bits per heavy atom.